The van der Waals surface area contributed by atoms with Gasteiger partial charge in [0.05, 0.1) is 0 Å². The van der Waals surface area contributed by atoms with Crippen molar-refractivity contribution in [1.29, 1.82) is 0 Å². The first-order chi connectivity index (χ1) is 11.0. The molecule has 15 heteroatoms. The molecule has 0 saturated heterocycles. The average Bonchev–Trinajstić information content (AvgIpc) is 2.43. The number of hydrogen-bond donors (Lipinski definition) is 5. The molecular formula is C9H20O13P2. The third-order valence-electron chi connectivity index (χ3n) is 3.40. The molecule has 13 nitrogen and oxygen atoms in total. The Labute approximate surface area is 136 Å². The summed E-state index contributed by atoms with van der Waals surface area (Å²) < 4.78 is 46.7. The van der Waals surface area contributed by atoms with E-state index in [9.17, 15) is 9.13 Å². The smallest absolute Gasteiger partial charge is 0.376 e. The minimum absolute atomic E-state index is 1.09. The van der Waals surface area contributed by atoms with Gasteiger partial charge in [0.25, 0.3) is 0 Å². The third kappa shape index (κ3) is 5.51. The fraction of sp³-hybridized carbons (Fsp3) is 1.00. The molecule has 1 aliphatic carbocycles. The van der Waals surface area contributed by atoms with E-state index >= 15 is 0 Å². The van der Waals surface area contributed by atoms with Gasteiger partial charge >= 0.3 is 15.6 Å². The van der Waals surface area contributed by atoms with E-state index in [0.717, 1.165) is 21.3 Å². The van der Waals surface area contributed by atoms with Crippen LogP contribution in [0.2, 0.25) is 0 Å². The van der Waals surface area contributed by atoms with Crippen LogP contribution in [-0.2, 0) is 37.3 Å². The van der Waals surface area contributed by atoms with Crippen LogP contribution in [-0.4, -0.2) is 82.8 Å². The lowest BCUT2D eigenvalue weighted by Gasteiger charge is -2.47. The normalized spacial score (nSPS) is 35.2. The van der Waals surface area contributed by atoms with Gasteiger partial charge in [0.1, 0.15) is 30.5 Å². The van der Waals surface area contributed by atoms with Gasteiger partial charge in [0.2, 0.25) is 0 Å². The summed E-state index contributed by atoms with van der Waals surface area (Å²) in [5.74, 6) is 0. The molecule has 0 aromatic heterocycles. The minimum atomic E-state index is -5.07. The Bertz CT molecular complexity index is 448. The van der Waals surface area contributed by atoms with Crippen molar-refractivity contribution in [1.82, 2.24) is 0 Å². The molecule has 0 radical (unpaired) electrons. The number of ether oxygens (including phenoxy) is 3. The fourth-order valence-corrected chi connectivity index (χ4v) is 3.72. The molecule has 1 saturated carbocycles. The zero-order valence-electron chi connectivity index (χ0n) is 12.9. The number of methoxy groups -OCH3 is 3. The van der Waals surface area contributed by atoms with Crippen molar-refractivity contribution < 1.29 is 62.1 Å². The highest BCUT2D eigenvalue weighted by atomic mass is 31.2. The van der Waals surface area contributed by atoms with Crippen LogP contribution in [0.15, 0.2) is 0 Å². The second kappa shape index (κ2) is 8.60. The van der Waals surface area contributed by atoms with E-state index in [0.29, 0.717) is 0 Å². The largest absolute Gasteiger partial charge is 0.470 e. The number of phosphoric ester groups is 2. The highest BCUT2D eigenvalue weighted by Gasteiger charge is 2.57. The predicted molar refractivity (Wildman–Crippen MR) is 73.7 cm³/mol. The monoisotopic (exact) mass is 398 g/mol. The molecule has 0 amide bonds. The Morgan fingerprint density at radius 1 is 0.625 bits per heavy atom. The van der Waals surface area contributed by atoms with Crippen molar-refractivity contribution in [2.75, 3.05) is 21.3 Å². The van der Waals surface area contributed by atoms with Crippen molar-refractivity contribution in [3.8, 4) is 0 Å². The molecule has 0 heterocycles. The molecule has 24 heavy (non-hydrogen) atoms. The Kier molecular flexibility index (Phi) is 7.91. The van der Waals surface area contributed by atoms with Crippen molar-refractivity contribution >= 4 is 15.6 Å². The maximum atomic E-state index is 11.2. The lowest BCUT2D eigenvalue weighted by molar-refractivity contribution is -0.351. The van der Waals surface area contributed by atoms with E-state index in [2.05, 4.69) is 13.9 Å². The van der Waals surface area contributed by atoms with E-state index in [4.69, 9.17) is 39.0 Å². The van der Waals surface area contributed by atoms with Crippen molar-refractivity contribution in [3.05, 3.63) is 0 Å². The van der Waals surface area contributed by atoms with Crippen LogP contribution < -0.4 is 0 Å². The molecule has 0 aromatic rings. The summed E-state index contributed by atoms with van der Waals surface area (Å²) in [6.07, 6.45) is -8.77. The van der Waals surface area contributed by atoms with Gasteiger partial charge < -0.3 is 33.8 Å². The second-order valence-electron chi connectivity index (χ2n) is 4.79. The predicted octanol–water partition coefficient (Wildman–Crippen LogP) is -1.14. The SMILES string of the molecule is COC1C(OO)[C@@H](OC)C(OP(=O)(O)O)C(OC)[C@H]1OP(=O)(O)O. The standard InChI is InChI=1S/C9H20O13P2/c1-17-4-7(20-10)5(18-2)9(22-24(14,15)16)6(19-3)8(4)21-23(11,12)13/h4-10H,1-3H3,(H2,11,12,13)(H2,14,15,16)/t4-,5?,6?,7?,8?,9+/m1/s1. The van der Waals surface area contributed by atoms with Crippen LogP contribution in [0, 0.1) is 0 Å². The molecular weight excluding hydrogens is 378 g/mol. The van der Waals surface area contributed by atoms with Gasteiger partial charge in [-0.3, -0.25) is 14.3 Å². The minimum Gasteiger partial charge on any atom is -0.376 e. The van der Waals surface area contributed by atoms with E-state index in [1.165, 1.54) is 0 Å². The molecule has 0 bridgehead atoms. The second-order valence-corrected chi connectivity index (χ2v) is 7.18. The Morgan fingerprint density at radius 2 is 0.917 bits per heavy atom. The van der Waals surface area contributed by atoms with E-state index in [1.54, 1.807) is 0 Å². The van der Waals surface area contributed by atoms with Gasteiger partial charge in [-0.15, -0.1) is 0 Å². The molecule has 5 N–H and O–H groups in total. The molecule has 0 aromatic carbocycles. The zero-order chi connectivity index (χ0) is 18.7. The van der Waals surface area contributed by atoms with E-state index in [1.807, 2.05) is 0 Å². The maximum Gasteiger partial charge on any atom is 0.470 e. The van der Waals surface area contributed by atoms with E-state index < -0.39 is 52.3 Å². The number of rotatable bonds is 8. The first kappa shape index (κ1) is 22.1. The summed E-state index contributed by atoms with van der Waals surface area (Å²) in [4.78, 5) is 40.4. The Hall–Kier alpha value is 0.0200. The number of hydrogen-bond acceptors (Lipinski definition) is 9. The van der Waals surface area contributed by atoms with Crippen molar-refractivity contribution in [3.63, 3.8) is 0 Å². The highest BCUT2D eigenvalue weighted by molar-refractivity contribution is 7.46. The number of phosphoric acid groups is 2. The van der Waals surface area contributed by atoms with Crippen LogP contribution in [0.25, 0.3) is 0 Å². The lowest BCUT2D eigenvalue weighted by Crippen LogP contribution is -2.66. The van der Waals surface area contributed by atoms with Gasteiger partial charge in [-0.1, -0.05) is 0 Å². The molecule has 4 unspecified atom stereocenters. The van der Waals surface area contributed by atoms with Gasteiger partial charge in [0, 0.05) is 21.3 Å². The van der Waals surface area contributed by atoms with Crippen LogP contribution in [0.5, 0.6) is 0 Å². The lowest BCUT2D eigenvalue weighted by atomic mass is 9.84. The molecule has 144 valence electrons. The molecule has 6 atom stereocenters. The van der Waals surface area contributed by atoms with Gasteiger partial charge in [-0.2, -0.15) is 0 Å². The van der Waals surface area contributed by atoms with E-state index in [-0.39, 0.29) is 0 Å². The van der Waals surface area contributed by atoms with Crippen LogP contribution >= 0.6 is 15.6 Å². The quantitative estimate of drug-likeness (QED) is 0.187. The Balaban J connectivity index is 3.33. The van der Waals surface area contributed by atoms with Gasteiger partial charge in [-0.25, -0.2) is 14.0 Å². The fourth-order valence-electron chi connectivity index (χ4n) is 2.60. The summed E-state index contributed by atoms with van der Waals surface area (Å²) in [5.41, 5.74) is 0. The van der Waals surface area contributed by atoms with Gasteiger partial charge in [-0.05, 0) is 0 Å². The summed E-state index contributed by atoms with van der Waals surface area (Å²) in [7, 11) is -6.77. The molecule has 1 rings (SSSR count). The van der Waals surface area contributed by atoms with Crippen LogP contribution in [0.4, 0.5) is 0 Å². The Morgan fingerprint density at radius 3 is 1.12 bits per heavy atom. The van der Waals surface area contributed by atoms with Gasteiger partial charge in [0.15, 0.2) is 6.10 Å². The molecule has 1 aliphatic rings. The summed E-state index contributed by atoms with van der Waals surface area (Å²) in [5, 5.41) is 9.09. The van der Waals surface area contributed by atoms with Crippen LogP contribution in [0.1, 0.15) is 0 Å². The molecule has 0 aliphatic heterocycles. The zero-order valence-corrected chi connectivity index (χ0v) is 14.6. The van der Waals surface area contributed by atoms with Crippen LogP contribution in [0.3, 0.4) is 0 Å². The maximum absolute atomic E-state index is 11.2. The average molecular weight is 398 g/mol. The van der Waals surface area contributed by atoms with Crippen molar-refractivity contribution in [2.24, 2.45) is 0 Å². The summed E-state index contributed by atoms with van der Waals surface area (Å²) in [6, 6.07) is 0. The molecule has 1 fully saturated rings. The summed E-state index contributed by atoms with van der Waals surface area (Å²) in [6.45, 7) is 0. The third-order valence-corrected chi connectivity index (χ3v) is 4.44. The first-order valence-corrected chi connectivity index (χ1v) is 9.41. The van der Waals surface area contributed by atoms with Crippen molar-refractivity contribution in [2.45, 2.75) is 36.6 Å². The molecule has 0 spiro atoms. The summed E-state index contributed by atoms with van der Waals surface area (Å²) >= 11 is 0. The highest BCUT2D eigenvalue weighted by Crippen LogP contribution is 2.47. The topological polar surface area (TPSA) is 191 Å². The first-order valence-electron chi connectivity index (χ1n) is 6.35.